The highest BCUT2D eigenvalue weighted by Gasteiger charge is 2.36. The molecule has 2 atom stereocenters. The summed E-state index contributed by atoms with van der Waals surface area (Å²) in [6.45, 7) is 7.86. The van der Waals surface area contributed by atoms with E-state index in [1.807, 2.05) is 59.5 Å². The Kier molecular flexibility index (Phi) is 8.26. The molecular formula is C30H35FN2O3. The second kappa shape index (κ2) is 11.6. The van der Waals surface area contributed by atoms with Crippen molar-refractivity contribution >= 4 is 5.91 Å². The van der Waals surface area contributed by atoms with Gasteiger partial charge in [0.2, 0.25) is 0 Å². The lowest BCUT2D eigenvalue weighted by atomic mass is 9.88. The van der Waals surface area contributed by atoms with Gasteiger partial charge in [-0.15, -0.1) is 0 Å². The van der Waals surface area contributed by atoms with Gasteiger partial charge in [-0.1, -0.05) is 50.2 Å². The van der Waals surface area contributed by atoms with Gasteiger partial charge in [-0.25, -0.2) is 4.39 Å². The van der Waals surface area contributed by atoms with Crippen LogP contribution >= 0.6 is 0 Å². The molecule has 4 rings (SSSR count). The molecule has 1 N–H and O–H groups in total. The van der Waals surface area contributed by atoms with Gasteiger partial charge in [0, 0.05) is 44.2 Å². The van der Waals surface area contributed by atoms with Gasteiger partial charge in [-0.3, -0.25) is 9.69 Å². The quantitative estimate of drug-likeness (QED) is 0.427. The summed E-state index contributed by atoms with van der Waals surface area (Å²) in [7, 11) is 1.54. The van der Waals surface area contributed by atoms with Crippen LogP contribution in [0.4, 0.5) is 4.39 Å². The largest absolute Gasteiger partial charge is 0.504 e. The topological polar surface area (TPSA) is 53.0 Å². The van der Waals surface area contributed by atoms with Crippen molar-refractivity contribution in [3.8, 4) is 11.5 Å². The van der Waals surface area contributed by atoms with Crippen LogP contribution in [0.15, 0.2) is 72.8 Å². The van der Waals surface area contributed by atoms with Crippen molar-refractivity contribution in [2.45, 2.75) is 26.3 Å². The van der Waals surface area contributed by atoms with E-state index in [1.165, 1.54) is 12.1 Å². The fourth-order valence-electron chi connectivity index (χ4n) is 5.17. The maximum atomic E-state index is 13.7. The number of carbonyl (C=O) groups is 1. The smallest absolute Gasteiger partial charge is 0.253 e. The Morgan fingerprint density at radius 1 is 1.08 bits per heavy atom. The SMILES string of the molecule is COc1cc(CN2C[C@@H](CN(CC(C)C)C(=O)c3ccccc3)[C@@H](c3ccc(F)cc3)C2)ccc1O. The minimum absolute atomic E-state index is 0.0453. The zero-order valence-electron chi connectivity index (χ0n) is 21.2. The molecule has 0 spiro atoms. The number of aromatic hydroxyl groups is 1. The average Bonchev–Trinajstić information content (AvgIpc) is 3.27. The third-order valence-corrected chi connectivity index (χ3v) is 6.81. The fraction of sp³-hybridized carbons (Fsp3) is 0.367. The molecule has 0 aliphatic carbocycles. The number of phenolic OH excluding ortho intramolecular Hbond substituents is 1. The molecular weight excluding hydrogens is 455 g/mol. The highest BCUT2D eigenvalue weighted by Crippen LogP contribution is 2.35. The standard InChI is InChI=1S/C30H35FN2O3/c1-21(2)16-33(30(35)24-7-5-4-6-8-24)19-25-18-32(17-22-9-14-28(34)29(15-22)36-3)20-27(25)23-10-12-26(31)13-11-23/h4-15,21,25,27,34H,16-20H2,1-3H3/t25-,27+/m0/s1. The fourth-order valence-corrected chi connectivity index (χ4v) is 5.17. The van der Waals surface area contributed by atoms with Gasteiger partial charge >= 0.3 is 0 Å². The first kappa shape index (κ1) is 25.7. The van der Waals surface area contributed by atoms with Crippen molar-refractivity contribution < 1.29 is 19.0 Å². The van der Waals surface area contributed by atoms with Crippen LogP contribution < -0.4 is 4.74 Å². The predicted molar refractivity (Wildman–Crippen MR) is 140 cm³/mol. The molecule has 6 heteroatoms. The molecule has 1 aliphatic rings. The Labute approximate surface area is 213 Å². The van der Waals surface area contributed by atoms with Crippen LogP contribution in [-0.2, 0) is 6.54 Å². The number of phenols is 1. The first-order valence-corrected chi connectivity index (χ1v) is 12.5. The molecule has 1 fully saturated rings. The number of halogens is 1. The molecule has 36 heavy (non-hydrogen) atoms. The van der Waals surface area contributed by atoms with Crippen LogP contribution in [0, 0.1) is 17.7 Å². The molecule has 3 aromatic carbocycles. The molecule has 1 aliphatic heterocycles. The molecule has 190 valence electrons. The number of amides is 1. The maximum Gasteiger partial charge on any atom is 0.253 e. The molecule has 0 aromatic heterocycles. The number of nitrogens with zero attached hydrogens (tertiary/aromatic N) is 2. The Balaban J connectivity index is 1.58. The Morgan fingerprint density at radius 3 is 2.47 bits per heavy atom. The molecule has 1 saturated heterocycles. The predicted octanol–water partition coefficient (Wildman–Crippen LogP) is 5.55. The minimum atomic E-state index is -0.248. The van der Waals surface area contributed by atoms with Crippen LogP contribution in [-0.4, -0.2) is 54.1 Å². The zero-order chi connectivity index (χ0) is 25.7. The highest BCUT2D eigenvalue weighted by molar-refractivity contribution is 5.94. The van der Waals surface area contributed by atoms with E-state index in [0.29, 0.717) is 36.9 Å². The number of hydrogen-bond donors (Lipinski definition) is 1. The summed E-state index contributed by atoms with van der Waals surface area (Å²) in [5.74, 6) is 1.07. The van der Waals surface area contributed by atoms with Crippen LogP contribution in [0.5, 0.6) is 11.5 Å². The molecule has 0 unspecified atom stereocenters. The lowest BCUT2D eigenvalue weighted by molar-refractivity contribution is 0.0703. The molecule has 0 bridgehead atoms. The normalized spacial score (nSPS) is 17.9. The van der Waals surface area contributed by atoms with E-state index >= 15 is 0 Å². The van der Waals surface area contributed by atoms with Crippen LogP contribution in [0.25, 0.3) is 0 Å². The van der Waals surface area contributed by atoms with Gasteiger partial charge in [-0.2, -0.15) is 0 Å². The first-order chi connectivity index (χ1) is 17.3. The molecule has 0 radical (unpaired) electrons. The summed E-state index contributed by atoms with van der Waals surface area (Å²) in [4.78, 5) is 17.8. The zero-order valence-corrected chi connectivity index (χ0v) is 21.2. The van der Waals surface area contributed by atoms with E-state index in [2.05, 4.69) is 18.7 Å². The molecule has 1 heterocycles. The van der Waals surface area contributed by atoms with E-state index in [4.69, 9.17) is 4.74 Å². The van der Waals surface area contributed by atoms with Crippen molar-refractivity contribution in [3.05, 3.63) is 95.3 Å². The van der Waals surface area contributed by atoms with Crippen molar-refractivity contribution in [1.29, 1.82) is 0 Å². The van der Waals surface area contributed by atoms with Crippen LogP contribution in [0.2, 0.25) is 0 Å². The molecule has 0 saturated carbocycles. The minimum Gasteiger partial charge on any atom is -0.504 e. The molecule has 3 aromatic rings. The second-order valence-electron chi connectivity index (χ2n) is 10.1. The average molecular weight is 491 g/mol. The highest BCUT2D eigenvalue weighted by atomic mass is 19.1. The number of methoxy groups -OCH3 is 1. The van der Waals surface area contributed by atoms with E-state index in [0.717, 1.165) is 24.2 Å². The summed E-state index contributed by atoms with van der Waals surface area (Å²) in [5, 5.41) is 9.96. The van der Waals surface area contributed by atoms with Crippen molar-refractivity contribution in [3.63, 3.8) is 0 Å². The second-order valence-corrected chi connectivity index (χ2v) is 10.1. The molecule has 5 nitrogen and oxygen atoms in total. The number of hydrogen-bond acceptors (Lipinski definition) is 4. The van der Waals surface area contributed by atoms with E-state index in [9.17, 15) is 14.3 Å². The van der Waals surface area contributed by atoms with Gasteiger partial charge in [-0.05, 0) is 59.4 Å². The van der Waals surface area contributed by atoms with Gasteiger partial charge in [0.1, 0.15) is 5.82 Å². The van der Waals surface area contributed by atoms with Crippen molar-refractivity contribution in [2.75, 3.05) is 33.3 Å². The van der Waals surface area contributed by atoms with Crippen LogP contribution in [0.3, 0.4) is 0 Å². The van der Waals surface area contributed by atoms with Crippen LogP contribution in [0.1, 0.15) is 41.3 Å². The van der Waals surface area contributed by atoms with E-state index in [-0.39, 0.29) is 29.3 Å². The summed E-state index contributed by atoms with van der Waals surface area (Å²) >= 11 is 0. The Morgan fingerprint density at radius 2 is 1.81 bits per heavy atom. The maximum absolute atomic E-state index is 13.7. The Bertz CT molecular complexity index is 1150. The lowest BCUT2D eigenvalue weighted by Gasteiger charge is -2.30. The number of carbonyl (C=O) groups excluding carboxylic acids is 1. The number of rotatable bonds is 9. The monoisotopic (exact) mass is 490 g/mol. The van der Waals surface area contributed by atoms with Crippen molar-refractivity contribution in [2.24, 2.45) is 11.8 Å². The number of likely N-dealkylation sites (tertiary alicyclic amines) is 1. The Hall–Kier alpha value is -3.38. The number of benzene rings is 3. The summed E-state index contributed by atoms with van der Waals surface area (Å²) in [6, 6.07) is 21.6. The third kappa shape index (κ3) is 6.24. The van der Waals surface area contributed by atoms with Gasteiger partial charge < -0.3 is 14.7 Å². The van der Waals surface area contributed by atoms with E-state index < -0.39 is 0 Å². The summed E-state index contributed by atoms with van der Waals surface area (Å²) < 4.78 is 19.0. The van der Waals surface area contributed by atoms with Crippen molar-refractivity contribution in [1.82, 2.24) is 9.80 Å². The summed E-state index contributed by atoms with van der Waals surface area (Å²) in [5.41, 5.74) is 2.83. The first-order valence-electron chi connectivity index (χ1n) is 12.5. The number of ether oxygens (including phenoxy) is 1. The summed E-state index contributed by atoms with van der Waals surface area (Å²) in [6.07, 6.45) is 0. The third-order valence-electron chi connectivity index (χ3n) is 6.81. The van der Waals surface area contributed by atoms with Gasteiger partial charge in [0.25, 0.3) is 5.91 Å². The lowest BCUT2D eigenvalue weighted by Crippen LogP contribution is -2.39. The van der Waals surface area contributed by atoms with Gasteiger partial charge in [0.05, 0.1) is 7.11 Å². The van der Waals surface area contributed by atoms with Gasteiger partial charge in [0.15, 0.2) is 11.5 Å². The van der Waals surface area contributed by atoms with E-state index in [1.54, 1.807) is 13.2 Å². The molecule has 1 amide bonds.